The van der Waals surface area contributed by atoms with Crippen LogP contribution in [0.2, 0.25) is 5.02 Å². The fraction of sp³-hybridized carbons (Fsp3) is 0.250. The van der Waals surface area contributed by atoms with Crippen LogP contribution in [0.1, 0.15) is 24.2 Å². The molecule has 0 saturated carbocycles. The van der Waals surface area contributed by atoms with E-state index in [1.54, 1.807) is 12.1 Å². The van der Waals surface area contributed by atoms with Gasteiger partial charge in [-0.05, 0) is 54.6 Å². The van der Waals surface area contributed by atoms with Gasteiger partial charge in [0.05, 0.1) is 5.56 Å². The van der Waals surface area contributed by atoms with Crippen LogP contribution in [0, 0.1) is 3.57 Å². The number of rotatable bonds is 3. The van der Waals surface area contributed by atoms with Crippen LogP contribution in [0.3, 0.4) is 0 Å². The molecule has 0 radical (unpaired) electrons. The molecule has 4 heteroatoms. The van der Waals surface area contributed by atoms with Crippen molar-refractivity contribution in [2.75, 3.05) is 6.54 Å². The van der Waals surface area contributed by atoms with Crippen LogP contribution < -0.4 is 5.32 Å². The van der Waals surface area contributed by atoms with Crippen molar-refractivity contribution in [1.29, 1.82) is 0 Å². The first-order chi connectivity index (χ1) is 7.50. The van der Waals surface area contributed by atoms with Gasteiger partial charge in [0.15, 0.2) is 0 Å². The molecule has 0 aliphatic carbocycles. The lowest BCUT2D eigenvalue weighted by atomic mass is 10.2. The van der Waals surface area contributed by atoms with Crippen LogP contribution in [-0.4, -0.2) is 12.5 Å². The highest BCUT2D eigenvalue weighted by Gasteiger charge is 2.09. The zero-order chi connectivity index (χ0) is 12.1. The SMILES string of the molecule is CC(C)=CCNC(=O)c1cc(Cl)ccc1I. The standard InChI is InChI=1S/C12H13ClINO/c1-8(2)5-6-15-12(16)10-7-9(13)3-4-11(10)14/h3-5,7H,6H2,1-2H3,(H,15,16). The number of hydrogen-bond donors (Lipinski definition) is 1. The Labute approximate surface area is 114 Å². The molecule has 1 rings (SSSR count). The average Bonchev–Trinajstić information content (AvgIpc) is 2.21. The fourth-order valence-electron chi connectivity index (χ4n) is 1.11. The van der Waals surface area contributed by atoms with E-state index < -0.39 is 0 Å². The lowest BCUT2D eigenvalue weighted by Crippen LogP contribution is -2.24. The molecule has 0 aromatic heterocycles. The van der Waals surface area contributed by atoms with Crippen LogP contribution >= 0.6 is 34.2 Å². The molecule has 1 N–H and O–H groups in total. The van der Waals surface area contributed by atoms with E-state index in [1.165, 1.54) is 5.57 Å². The second-order valence-corrected chi connectivity index (χ2v) is 5.21. The number of carbonyl (C=O) groups is 1. The highest BCUT2D eigenvalue weighted by molar-refractivity contribution is 14.1. The minimum Gasteiger partial charge on any atom is -0.349 e. The van der Waals surface area contributed by atoms with Gasteiger partial charge in [0, 0.05) is 15.1 Å². The molecule has 0 unspecified atom stereocenters. The van der Waals surface area contributed by atoms with Crippen molar-refractivity contribution < 1.29 is 4.79 Å². The molecular weight excluding hydrogens is 336 g/mol. The van der Waals surface area contributed by atoms with E-state index >= 15 is 0 Å². The van der Waals surface area contributed by atoms with Crippen LogP contribution in [-0.2, 0) is 0 Å². The normalized spacial score (nSPS) is 9.75. The van der Waals surface area contributed by atoms with Gasteiger partial charge in [0.2, 0.25) is 0 Å². The Bertz CT molecular complexity index is 425. The summed E-state index contributed by atoms with van der Waals surface area (Å²) in [4.78, 5) is 11.8. The first kappa shape index (κ1) is 13.5. The molecule has 0 bridgehead atoms. The van der Waals surface area contributed by atoms with Gasteiger partial charge in [-0.2, -0.15) is 0 Å². The molecule has 0 aliphatic heterocycles. The van der Waals surface area contributed by atoms with Gasteiger partial charge in [0.25, 0.3) is 5.91 Å². The summed E-state index contributed by atoms with van der Waals surface area (Å²) in [6.07, 6.45) is 1.97. The number of allylic oxidation sites excluding steroid dienone is 1. The number of benzene rings is 1. The summed E-state index contributed by atoms with van der Waals surface area (Å²) in [5.41, 5.74) is 1.80. The molecule has 1 amide bonds. The number of halogens is 2. The first-order valence-corrected chi connectivity index (χ1v) is 6.33. The third-order valence-corrected chi connectivity index (χ3v) is 3.12. The summed E-state index contributed by atoms with van der Waals surface area (Å²) in [6, 6.07) is 5.29. The predicted molar refractivity (Wildman–Crippen MR) is 75.9 cm³/mol. The summed E-state index contributed by atoms with van der Waals surface area (Å²) in [6.45, 7) is 4.54. The molecule has 86 valence electrons. The van der Waals surface area contributed by atoms with Gasteiger partial charge in [-0.25, -0.2) is 0 Å². The molecule has 1 aromatic rings. The van der Waals surface area contributed by atoms with Crippen LogP contribution in [0.4, 0.5) is 0 Å². The van der Waals surface area contributed by atoms with E-state index in [4.69, 9.17) is 11.6 Å². The Kier molecular flexibility index (Phi) is 5.28. The van der Waals surface area contributed by atoms with Gasteiger partial charge in [-0.3, -0.25) is 4.79 Å². The monoisotopic (exact) mass is 349 g/mol. The summed E-state index contributed by atoms with van der Waals surface area (Å²) in [5, 5.41) is 3.40. The van der Waals surface area contributed by atoms with E-state index in [2.05, 4.69) is 27.9 Å². The molecule has 16 heavy (non-hydrogen) atoms. The van der Waals surface area contributed by atoms with E-state index in [1.807, 2.05) is 26.0 Å². The maximum Gasteiger partial charge on any atom is 0.252 e. The zero-order valence-electron chi connectivity index (χ0n) is 9.18. The van der Waals surface area contributed by atoms with Crippen molar-refractivity contribution in [3.8, 4) is 0 Å². The maximum atomic E-state index is 11.8. The molecule has 0 heterocycles. The van der Waals surface area contributed by atoms with Crippen molar-refractivity contribution in [1.82, 2.24) is 5.32 Å². The highest BCUT2D eigenvalue weighted by Crippen LogP contribution is 2.17. The van der Waals surface area contributed by atoms with E-state index in [0.29, 0.717) is 17.1 Å². The van der Waals surface area contributed by atoms with Crippen LogP contribution in [0.25, 0.3) is 0 Å². The molecular formula is C12H13ClINO. The molecule has 0 fully saturated rings. The largest absolute Gasteiger partial charge is 0.349 e. The zero-order valence-corrected chi connectivity index (χ0v) is 12.1. The topological polar surface area (TPSA) is 29.1 Å². The first-order valence-electron chi connectivity index (χ1n) is 4.87. The summed E-state index contributed by atoms with van der Waals surface area (Å²) in [5.74, 6) is -0.0931. The van der Waals surface area contributed by atoms with Gasteiger partial charge >= 0.3 is 0 Å². The van der Waals surface area contributed by atoms with E-state index in [9.17, 15) is 4.79 Å². The third-order valence-electron chi connectivity index (χ3n) is 1.95. The Morgan fingerprint density at radius 2 is 2.19 bits per heavy atom. The minimum absolute atomic E-state index is 0.0931. The molecule has 0 saturated heterocycles. The van der Waals surface area contributed by atoms with E-state index in [0.717, 1.165) is 3.57 Å². The van der Waals surface area contributed by atoms with Gasteiger partial charge in [0.1, 0.15) is 0 Å². The Balaban J connectivity index is 2.73. The third kappa shape index (κ3) is 4.14. The van der Waals surface area contributed by atoms with Crippen LogP contribution in [0.15, 0.2) is 29.8 Å². The average molecular weight is 350 g/mol. The molecule has 0 atom stereocenters. The van der Waals surface area contributed by atoms with Gasteiger partial charge in [-0.15, -0.1) is 0 Å². The quantitative estimate of drug-likeness (QED) is 0.655. The summed E-state index contributed by atoms with van der Waals surface area (Å²) in [7, 11) is 0. The summed E-state index contributed by atoms with van der Waals surface area (Å²) < 4.78 is 0.900. The second-order valence-electron chi connectivity index (χ2n) is 3.62. The number of carbonyl (C=O) groups excluding carboxylic acids is 1. The Hall–Kier alpha value is -0.550. The number of amides is 1. The van der Waals surface area contributed by atoms with Crippen molar-refractivity contribution in [3.05, 3.63) is 44.0 Å². The number of nitrogens with one attached hydrogen (secondary N) is 1. The second kappa shape index (κ2) is 6.25. The lowest BCUT2D eigenvalue weighted by molar-refractivity contribution is 0.0957. The minimum atomic E-state index is -0.0931. The molecule has 0 aliphatic rings. The van der Waals surface area contributed by atoms with Gasteiger partial charge < -0.3 is 5.32 Å². The Morgan fingerprint density at radius 1 is 1.50 bits per heavy atom. The lowest BCUT2D eigenvalue weighted by Gasteiger charge is -2.05. The maximum absolute atomic E-state index is 11.8. The van der Waals surface area contributed by atoms with Crippen molar-refractivity contribution in [3.63, 3.8) is 0 Å². The number of hydrogen-bond acceptors (Lipinski definition) is 1. The molecule has 0 spiro atoms. The Morgan fingerprint density at radius 3 is 2.81 bits per heavy atom. The molecule has 2 nitrogen and oxygen atoms in total. The van der Waals surface area contributed by atoms with Crippen molar-refractivity contribution in [2.24, 2.45) is 0 Å². The molecule has 1 aromatic carbocycles. The smallest absolute Gasteiger partial charge is 0.252 e. The van der Waals surface area contributed by atoms with Crippen LogP contribution in [0.5, 0.6) is 0 Å². The fourth-order valence-corrected chi connectivity index (χ4v) is 1.87. The summed E-state index contributed by atoms with van der Waals surface area (Å²) >= 11 is 7.97. The van der Waals surface area contributed by atoms with Crippen molar-refractivity contribution >= 4 is 40.1 Å². The predicted octanol–water partition coefficient (Wildman–Crippen LogP) is 3.64. The van der Waals surface area contributed by atoms with E-state index in [-0.39, 0.29) is 5.91 Å². The highest BCUT2D eigenvalue weighted by atomic mass is 127. The van der Waals surface area contributed by atoms with Crippen molar-refractivity contribution in [2.45, 2.75) is 13.8 Å². The van der Waals surface area contributed by atoms with Gasteiger partial charge in [-0.1, -0.05) is 23.3 Å².